The van der Waals surface area contributed by atoms with Crippen molar-refractivity contribution in [1.29, 1.82) is 0 Å². The van der Waals surface area contributed by atoms with Crippen LogP contribution in [0.3, 0.4) is 0 Å². The van der Waals surface area contributed by atoms with Crippen LogP contribution in [0.25, 0.3) is 0 Å². The molecule has 0 N–H and O–H groups in total. The van der Waals surface area contributed by atoms with E-state index >= 15 is 0 Å². The van der Waals surface area contributed by atoms with Crippen molar-refractivity contribution in [3.05, 3.63) is 12.2 Å². The van der Waals surface area contributed by atoms with Crippen LogP contribution in [-0.4, -0.2) is 50.3 Å². The first kappa shape index (κ1) is 27.7. The van der Waals surface area contributed by atoms with Gasteiger partial charge in [-0.15, -0.1) is 0 Å². The van der Waals surface area contributed by atoms with E-state index in [2.05, 4.69) is 0 Å². The summed E-state index contributed by atoms with van der Waals surface area (Å²) in [6.45, 7) is 7.67. The Morgan fingerprint density at radius 1 is 0.531 bits per heavy atom. The van der Waals surface area contributed by atoms with Gasteiger partial charge in [0.05, 0.1) is 26.4 Å². The lowest BCUT2D eigenvalue weighted by Crippen LogP contribution is -2.23. The van der Waals surface area contributed by atoms with E-state index in [9.17, 15) is 19.2 Å². The molecule has 2 aliphatic rings. The molecule has 0 aromatic heterocycles. The van der Waals surface area contributed by atoms with Gasteiger partial charge in [-0.1, -0.05) is 12.2 Å². The molecule has 0 bridgehead atoms. The van der Waals surface area contributed by atoms with Gasteiger partial charge in [0.2, 0.25) is 0 Å². The molecule has 0 amide bonds. The van der Waals surface area contributed by atoms with Crippen LogP contribution in [0.2, 0.25) is 0 Å². The molecule has 0 aliphatic heterocycles. The molecule has 0 aromatic rings. The summed E-state index contributed by atoms with van der Waals surface area (Å²) in [5, 5.41) is 0. The number of esters is 4. The van der Waals surface area contributed by atoms with E-state index in [1.165, 1.54) is 27.7 Å². The molecule has 2 rings (SSSR count). The van der Waals surface area contributed by atoms with Crippen LogP contribution in [0.15, 0.2) is 12.2 Å². The second kappa shape index (κ2) is 15.4. The first-order chi connectivity index (χ1) is 15.2. The third-order valence-electron chi connectivity index (χ3n) is 5.58. The second-order valence-corrected chi connectivity index (χ2v) is 8.58. The highest BCUT2D eigenvalue weighted by atomic mass is 16.5. The quantitative estimate of drug-likeness (QED) is 0.311. The highest BCUT2D eigenvalue weighted by Crippen LogP contribution is 2.29. The predicted octanol–water partition coefficient (Wildman–Crippen LogP) is 3.61. The van der Waals surface area contributed by atoms with E-state index < -0.39 is 0 Å². The fourth-order valence-electron chi connectivity index (χ4n) is 3.70. The summed E-state index contributed by atoms with van der Waals surface area (Å²) in [7, 11) is 0. The van der Waals surface area contributed by atoms with Crippen molar-refractivity contribution in [1.82, 2.24) is 0 Å². The second-order valence-electron chi connectivity index (χ2n) is 8.58. The molecule has 182 valence electrons. The Morgan fingerprint density at radius 2 is 0.812 bits per heavy atom. The molecule has 0 aromatic carbocycles. The zero-order chi connectivity index (χ0) is 23.9. The van der Waals surface area contributed by atoms with Crippen LogP contribution in [-0.2, 0) is 38.1 Å². The number of carbonyl (C=O) groups excluding carboxylic acids is 4. The molecular weight excluding hydrogens is 416 g/mol. The van der Waals surface area contributed by atoms with Crippen molar-refractivity contribution in [3.63, 3.8) is 0 Å². The van der Waals surface area contributed by atoms with Crippen LogP contribution < -0.4 is 0 Å². The fourth-order valence-corrected chi connectivity index (χ4v) is 3.70. The molecule has 0 unspecified atom stereocenters. The Bertz CT molecular complexity index is 580. The molecule has 1 fully saturated rings. The minimum absolute atomic E-state index is 0.206. The number of hydrogen-bond donors (Lipinski definition) is 0. The Balaban J connectivity index is 0.000000320. The topological polar surface area (TPSA) is 105 Å². The Labute approximate surface area is 191 Å². The average molecular weight is 455 g/mol. The normalized spacial score (nSPS) is 24.4. The van der Waals surface area contributed by atoms with Crippen molar-refractivity contribution in [2.75, 3.05) is 26.4 Å². The summed E-state index contributed by atoms with van der Waals surface area (Å²) >= 11 is 0. The first-order valence-electron chi connectivity index (χ1n) is 11.4. The lowest BCUT2D eigenvalue weighted by molar-refractivity contribution is -0.145. The maximum absolute atomic E-state index is 10.6. The molecule has 0 heterocycles. The highest BCUT2D eigenvalue weighted by molar-refractivity contribution is 5.66. The van der Waals surface area contributed by atoms with Crippen molar-refractivity contribution < 1.29 is 38.1 Å². The number of carbonyl (C=O) groups is 4. The summed E-state index contributed by atoms with van der Waals surface area (Å²) in [6.07, 6.45) is 10.2. The Kier molecular flexibility index (Phi) is 13.3. The minimum atomic E-state index is -0.240. The van der Waals surface area contributed by atoms with Crippen LogP contribution in [0.1, 0.15) is 66.2 Å². The summed E-state index contributed by atoms with van der Waals surface area (Å²) < 4.78 is 19.9. The summed E-state index contributed by atoms with van der Waals surface area (Å²) in [6, 6.07) is 0. The Hall–Kier alpha value is -2.38. The summed E-state index contributed by atoms with van der Waals surface area (Å²) in [4.78, 5) is 42.5. The van der Waals surface area contributed by atoms with Gasteiger partial charge in [0.15, 0.2) is 0 Å². The van der Waals surface area contributed by atoms with Crippen LogP contribution >= 0.6 is 0 Å². The summed E-state index contributed by atoms with van der Waals surface area (Å²) in [5.41, 5.74) is 0. The van der Waals surface area contributed by atoms with E-state index in [1.54, 1.807) is 0 Å². The smallest absolute Gasteiger partial charge is 0.302 e. The van der Waals surface area contributed by atoms with Gasteiger partial charge in [0, 0.05) is 39.5 Å². The maximum atomic E-state index is 10.6. The molecule has 0 radical (unpaired) electrons. The first-order valence-corrected chi connectivity index (χ1v) is 11.4. The van der Waals surface area contributed by atoms with Crippen LogP contribution in [0.5, 0.6) is 0 Å². The van der Waals surface area contributed by atoms with E-state index in [0.29, 0.717) is 50.1 Å². The molecular formula is C24H38O8. The van der Waals surface area contributed by atoms with Crippen molar-refractivity contribution in [3.8, 4) is 0 Å². The Morgan fingerprint density at radius 3 is 1.06 bits per heavy atom. The average Bonchev–Trinajstić information content (AvgIpc) is 2.75. The van der Waals surface area contributed by atoms with E-state index in [4.69, 9.17) is 18.9 Å². The van der Waals surface area contributed by atoms with Gasteiger partial charge < -0.3 is 18.9 Å². The van der Waals surface area contributed by atoms with Gasteiger partial charge >= 0.3 is 23.9 Å². The van der Waals surface area contributed by atoms with Crippen molar-refractivity contribution >= 4 is 23.9 Å². The third kappa shape index (κ3) is 13.8. The number of ether oxygens (including phenoxy) is 4. The lowest BCUT2D eigenvalue weighted by atomic mass is 9.83. The largest absolute Gasteiger partial charge is 0.466 e. The van der Waals surface area contributed by atoms with Crippen LogP contribution in [0.4, 0.5) is 0 Å². The number of rotatable bonds is 8. The van der Waals surface area contributed by atoms with Gasteiger partial charge in [0.1, 0.15) is 0 Å². The summed E-state index contributed by atoms with van der Waals surface area (Å²) in [5.74, 6) is 0.680. The van der Waals surface area contributed by atoms with Gasteiger partial charge in [-0.2, -0.15) is 0 Å². The van der Waals surface area contributed by atoms with Gasteiger partial charge in [-0.25, -0.2) is 0 Å². The zero-order valence-electron chi connectivity index (χ0n) is 19.8. The SMILES string of the molecule is CC(=O)OCC1CCC(COC(C)=O)CC1.CC(=O)OC[C@@H]1C=C[C@H](COC(C)=O)CC1. The minimum Gasteiger partial charge on any atom is -0.466 e. The van der Waals surface area contributed by atoms with Gasteiger partial charge in [-0.05, 0) is 50.4 Å². The lowest BCUT2D eigenvalue weighted by Gasteiger charge is -2.27. The highest BCUT2D eigenvalue weighted by Gasteiger charge is 2.22. The fraction of sp³-hybridized carbons (Fsp3) is 0.750. The molecule has 1 saturated carbocycles. The predicted molar refractivity (Wildman–Crippen MR) is 117 cm³/mol. The molecule has 8 nitrogen and oxygen atoms in total. The van der Waals surface area contributed by atoms with E-state index in [1.807, 2.05) is 12.2 Å². The standard InChI is InChI=1S/C12H20O4.C12H18O4/c2*1-9(13)15-7-11-3-5-12(6-4-11)8-16-10(2)14/h11-12H,3-8H2,1-2H3;3,5,11-12H,4,6-8H2,1-2H3/t;11-,12+. The number of hydrogen-bond acceptors (Lipinski definition) is 8. The molecule has 2 atom stereocenters. The molecule has 32 heavy (non-hydrogen) atoms. The van der Waals surface area contributed by atoms with E-state index in [0.717, 1.165) is 38.5 Å². The molecule has 0 spiro atoms. The maximum Gasteiger partial charge on any atom is 0.302 e. The van der Waals surface area contributed by atoms with E-state index in [-0.39, 0.29) is 23.9 Å². The zero-order valence-corrected chi connectivity index (χ0v) is 19.8. The van der Waals surface area contributed by atoms with Crippen molar-refractivity contribution in [2.24, 2.45) is 23.7 Å². The van der Waals surface area contributed by atoms with Gasteiger partial charge in [0.25, 0.3) is 0 Å². The van der Waals surface area contributed by atoms with Gasteiger partial charge in [-0.3, -0.25) is 19.2 Å². The molecule has 0 saturated heterocycles. The van der Waals surface area contributed by atoms with Crippen molar-refractivity contribution in [2.45, 2.75) is 66.2 Å². The molecule has 8 heteroatoms. The monoisotopic (exact) mass is 454 g/mol. The van der Waals surface area contributed by atoms with Crippen LogP contribution in [0, 0.1) is 23.7 Å². The third-order valence-corrected chi connectivity index (χ3v) is 5.58. The molecule has 2 aliphatic carbocycles.